The van der Waals surface area contributed by atoms with Crippen molar-refractivity contribution in [3.8, 4) is 5.88 Å². The number of ether oxygens (including phenoxy) is 2. The van der Waals surface area contributed by atoms with Crippen LogP contribution >= 0.6 is 23.2 Å². The predicted molar refractivity (Wildman–Crippen MR) is 128 cm³/mol. The first-order valence-electron chi connectivity index (χ1n) is 10.8. The maximum absolute atomic E-state index is 14.4. The lowest BCUT2D eigenvalue weighted by Gasteiger charge is -2.15. The van der Waals surface area contributed by atoms with Crippen LogP contribution in [0.25, 0.3) is 11.1 Å². The van der Waals surface area contributed by atoms with Crippen LogP contribution in [0.4, 0.5) is 8.78 Å². The zero-order chi connectivity index (χ0) is 24.2. The third-order valence-electron chi connectivity index (χ3n) is 5.50. The highest BCUT2D eigenvalue weighted by molar-refractivity contribution is 6.31. The molecule has 4 nitrogen and oxygen atoms in total. The molecule has 34 heavy (non-hydrogen) atoms. The molecular formula is C26H21Cl2F2NO3. The summed E-state index contributed by atoms with van der Waals surface area (Å²) in [7, 11) is 0. The van der Waals surface area contributed by atoms with Crippen molar-refractivity contribution in [1.29, 1.82) is 0 Å². The Balaban J connectivity index is 1.72. The molecule has 1 heterocycles. The normalized spacial score (nSPS) is 13.3. The fourth-order valence-corrected chi connectivity index (χ4v) is 4.32. The van der Waals surface area contributed by atoms with Crippen molar-refractivity contribution in [2.24, 2.45) is 0 Å². The summed E-state index contributed by atoms with van der Waals surface area (Å²) in [6.07, 6.45) is 3.65. The smallest absolute Gasteiger partial charge is 0.338 e. The number of rotatable bonds is 7. The number of halogens is 4. The first-order chi connectivity index (χ1) is 16.4. The van der Waals surface area contributed by atoms with Crippen LogP contribution in [0.3, 0.4) is 0 Å². The highest BCUT2D eigenvalue weighted by atomic mass is 35.5. The van der Waals surface area contributed by atoms with E-state index in [0.717, 1.165) is 23.6 Å². The number of nitrogens with zero attached hydrogens (tertiary/aromatic N) is 1. The topological polar surface area (TPSA) is 48.4 Å². The summed E-state index contributed by atoms with van der Waals surface area (Å²) >= 11 is 12.1. The van der Waals surface area contributed by atoms with Gasteiger partial charge in [-0.25, -0.2) is 18.6 Å². The molecule has 0 saturated carbocycles. The zero-order valence-electron chi connectivity index (χ0n) is 18.3. The van der Waals surface area contributed by atoms with Crippen LogP contribution in [0.2, 0.25) is 10.0 Å². The van der Waals surface area contributed by atoms with Crippen molar-refractivity contribution >= 4 is 40.3 Å². The monoisotopic (exact) mass is 503 g/mol. The first kappa shape index (κ1) is 24.2. The van der Waals surface area contributed by atoms with Crippen molar-refractivity contribution in [2.75, 3.05) is 6.61 Å². The maximum Gasteiger partial charge on any atom is 0.338 e. The maximum atomic E-state index is 14.4. The third kappa shape index (κ3) is 5.40. The molecule has 1 aromatic heterocycles. The Labute approximate surface area is 206 Å². The molecule has 0 radical (unpaired) electrons. The van der Waals surface area contributed by atoms with Crippen LogP contribution in [0.5, 0.6) is 5.88 Å². The van der Waals surface area contributed by atoms with E-state index < -0.39 is 17.6 Å². The molecule has 0 atom stereocenters. The minimum Gasteiger partial charge on any atom is -0.472 e. The molecule has 0 saturated heterocycles. The van der Waals surface area contributed by atoms with Crippen LogP contribution < -0.4 is 4.74 Å². The highest BCUT2D eigenvalue weighted by Gasteiger charge is 2.23. The van der Waals surface area contributed by atoms with Gasteiger partial charge in [0.05, 0.1) is 17.2 Å². The summed E-state index contributed by atoms with van der Waals surface area (Å²) in [6, 6.07) is 10.3. The number of hydrogen-bond acceptors (Lipinski definition) is 4. The van der Waals surface area contributed by atoms with E-state index in [0.29, 0.717) is 39.6 Å². The van der Waals surface area contributed by atoms with E-state index in [1.165, 1.54) is 18.3 Å². The van der Waals surface area contributed by atoms with E-state index in [2.05, 4.69) is 4.98 Å². The van der Waals surface area contributed by atoms with E-state index in [9.17, 15) is 13.6 Å². The largest absolute Gasteiger partial charge is 0.472 e. The quantitative estimate of drug-likeness (QED) is 0.313. The molecule has 0 spiro atoms. The molecule has 0 fully saturated rings. The van der Waals surface area contributed by atoms with E-state index in [-0.39, 0.29) is 24.7 Å². The van der Waals surface area contributed by atoms with Gasteiger partial charge in [0.15, 0.2) is 0 Å². The van der Waals surface area contributed by atoms with Gasteiger partial charge in [-0.1, -0.05) is 29.3 Å². The van der Waals surface area contributed by atoms with Gasteiger partial charge in [0, 0.05) is 22.3 Å². The predicted octanol–water partition coefficient (Wildman–Crippen LogP) is 7.52. The molecule has 0 aliphatic heterocycles. The lowest BCUT2D eigenvalue weighted by atomic mass is 9.96. The number of pyridine rings is 1. The van der Waals surface area contributed by atoms with Crippen molar-refractivity contribution in [1.82, 2.24) is 4.98 Å². The second-order valence-electron chi connectivity index (χ2n) is 7.79. The molecule has 1 aliphatic carbocycles. The molecule has 0 amide bonds. The number of benzene rings is 2. The van der Waals surface area contributed by atoms with Gasteiger partial charge in [0.25, 0.3) is 0 Å². The fraction of sp³-hybridized carbons (Fsp3) is 0.231. The average Bonchev–Trinajstić information content (AvgIpc) is 3.29. The van der Waals surface area contributed by atoms with Crippen molar-refractivity contribution in [3.63, 3.8) is 0 Å². The van der Waals surface area contributed by atoms with Gasteiger partial charge in [-0.15, -0.1) is 0 Å². The summed E-state index contributed by atoms with van der Waals surface area (Å²) < 4.78 is 39.5. The average molecular weight is 504 g/mol. The number of allylic oxidation sites excluding steroid dienone is 2. The molecule has 8 heteroatoms. The Morgan fingerprint density at radius 1 is 1.03 bits per heavy atom. The lowest BCUT2D eigenvalue weighted by molar-refractivity contribution is 0.0525. The van der Waals surface area contributed by atoms with Crippen molar-refractivity contribution in [3.05, 3.63) is 92.6 Å². The summed E-state index contributed by atoms with van der Waals surface area (Å²) in [5, 5.41) is 0.704. The Morgan fingerprint density at radius 3 is 2.59 bits per heavy atom. The second-order valence-corrected chi connectivity index (χ2v) is 8.66. The minimum absolute atomic E-state index is 0.0553. The Bertz CT molecular complexity index is 1280. The Morgan fingerprint density at radius 2 is 1.82 bits per heavy atom. The summed E-state index contributed by atoms with van der Waals surface area (Å²) in [4.78, 5) is 16.5. The lowest BCUT2D eigenvalue weighted by Crippen LogP contribution is -2.06. The van der Waals surface area contributed by atoms with E-state index in [4.69, 9.17) is 32.7 Å². The van der Waals surface area contributed by atoms with Gasteiger partial charge in [0.1, 0.15) is 18.2 Å². The van der Waals surface area contributed by atoms with Gasteiger partial charge in [-0.2, -0.15) is 0 Å². The SMILES string of the molecule is CCOC(=O)c1cc(F)cc(C2=C(c3cc(Cl)cnc3OCc3ccc(Cl)cc3F)CCC2)c1. The second kappa shape index (κ2) is 10.5. The van der Waals surface area contributed by atoms with Crippen LogP contribution in [0.15, 0.2) is 48.7 Å². The third-order valence-corrected chi connectivity index (χ3v) is 5.94. The summed E-state index contributed by atoms with van der Waals surface area (Å²) in [5.74, 6) is -1.30. The van der Waals surface area contributed by atoms with Crippen LogP contribution in [-0.2, 0) is 11.3 Å². The number of aromatic nitrogens is 1. The molecule has 1 aliphatic rings. The van der Waals surface area contributed by atoms with Crippen LogP contribution in [-0.4, -0.2) is 17.6 Å². The molecular weight excluding hydrogens is 483 g/mol. The Hall–Kier alpha value is -2.96. The van der Waals surface area contributed by atoms with Gasteiger partial charge in [-0.05, 0) is 79.3 Å². The Kier molecular flexibility index (Phi) is 7.49. The minimum atomic E-state index is -0.582. The fourth-order valence-electron chi connectivity index (χ4n) is 4.00. The first-order valence-corrected chi connectivity index (χ1v) is 11.5. The molecule has 176 valence electrons. The van der Waals surface area contributed by atoms with Crippen LogP contribution in [0, 0.1) is 11.6 Å². The van der Waals surface area contributed by atoms with Crippen molar-refractivity contribution < 1.29 is 23.0 Å². The molecule has 0 unspecified atom stereocenters. The van der Waals surface area contributed by atoms with Gasteiger partial charge in [0.2, 0.25) is 5.88 Å². The molecule has 0 N–H and O–H groups in total. The number of carbonyl (C=O) groups excluding carboxylic acids is 1. The highest BCUT2D eigenvalue weighted by Crippen LogP contribution is 2.43. The van der Waals surface area contributed by atoms with Gasteiger partial charge >= 0.3 is 5.97 Å². The molecule has 0 bridgehead atoms. The zero-order valence-corrected chi connectivity index (χ0v) is 19.9. The molecule has 3 aromatic rings. The van der Waals surface area contributed by atoms with E-state index in [1.807, 2.05) is 0 Å². The van der Waals surface area contributed by atoms with E-state index >= 15 is 0 Å². The van der Waals surface area contributed by atoms with Crippen molar-refractivity contribution in [2.45, 2.75) is 32.8 Å². The number of hydrogen-bond donors (Lipinski definition) is 0. The van der Waals surface area contributed by atoms with Crippen LogP contribution in [0.1, 0.15) is 53.2 Å². The standard InChI is InChI=1S/C26H21Cl2F2NO3/c1-2-33-26(32)17-8-16(9-20(29)10-17)21-4-3-5-22(21)23-11-19(28)13-31-25(23)34-14-15-6-7-18(27)12-24(15)30/h6-13H,2-5,14H2,1H3. The number of carbonyl (C=O) groups is 1. The number of esters is 1. The van der Waals surface area contributed by atoms with Gasteiger partial charge in [-0.3, -0.25) is 0 Å². The molecule has 4 rings (SSSR count). The molecule has 2 aromatic carbocycles. The van der Waals surface area contributed by atoms with Gasteiger partial charge < -0.3 is 9.47 Å². The van der Waals surface area contributed by atoms with E-state index in [1.54, 1.807) is 31.2 Å². The summed E-state index contributed by atoms with van der Waals surface area (Å²) in [6.45, 7) is 1.83. The summed E-state index contributed by atoms with van der Waals surface area (Å²) in [5.41, 5.74) is 3.48.